The largest absolute Gasteiger partial charge is 0.508 e. The Bertz CT molecular complexity index is 2000. The van der Waals surface area contributed by atoms with Crippen LogP contribution in [0.4, 0.5) is 0 Å². The summed E-state index contributed by atoms with van der Waals surface area (Å²) >= 11 is 0. The zero-order valence-corrected chi connectivity index (χ0v) is 39.3. The Morgan fingerprint density at radius 1 is 0.328 bits per heavy atom. The van der Waals surface area contributed by atoms with E-state index in [2.05, 4.69) is 146 Å². The quantitative estimate of drug-likeness (QED) is 0.0913. The summed E-state index contributed by atoms with van der Waals surface area (Å²) in [6, 6.07) is 17.2. The second-order valence-corrected chi connectivity index (χ2v) is 18.0. The Labute approximate surface area is 354 Å². The molecule has 0 fully saturated rings. The van der Waals surface area contributed by atoms with Crippen molar-refractivity contribution in [1.82, 2.24) is 0 Å². The summed E-state index contributed by atoms with van der Waals surface area (Å²) in [7, 11) is 0. The zero-order valence-electron chi connectivity index (χ0n) is 39.3. The first-order chi connectivity index (χ1) is 27.5. The van der Waals surface area contributed by atoms with Gasteiger partial charge in [-0.05, 0) is 185 Å². The van der Waals surface area contributed by atoms with Crippen LogP contribution >= 0.6 is 0 Å². The molecule has 0 aliphatic carbocycles. The van der Waals surface area contributed by atoms with Crippen molar-refractivity contribution in [3.05, 3.63) is 115 Å². The van der Waals surface area contributed by atoms with E-state index in [0.29, 0.717) is 25.0 Å². The van der Waals surface area contributed by atoms with Crippen molar-refractivity contribution in [3.63, 3.8) is 0 Å². The molecule has 58 heavy (non-hydrogen) atoms. The smallest absolute Gasteiger partial charge is 0.123 e. The van der Waals surface area contributed by atoms with E-state index in [0.717, 1.165) is 91.7 Å². The molecule has 0 bridgehead atoms. The Balaban J connectivity index is 1.83. The number of rotatable bonds is 21. The monoisotopic (exact) mass is 791 g/mol. The molecule has 4 aromatic carbocycles. The summed E-state index contributed by atoms with van der Waals surface area (Å²) in [4.78, 5) is 0. The minimum atomic E-state index is -0.612. The molecule has 0 saturated heterocycles. The van der Waals surface area contributed by atoms with Crippen molar-refractivity contribution in [2.24, 2.45) is 0 Å². The normalized spacial score (nSPS) is 12.3. The first kappa shape index (κ1) is 46.8. The molecule has 0 atom stereocenters. The van der Waals surface area contributed by atoms with Crippen LogP contribution < -0.4 is 14.2 Å². The third-order valence-corrected chi connectivity index (χ3v) is 12.2. The van der Waals surface area contributed by atoms with Crippen LogP contribution in [0, 0.1) is 0 Å². The lowest BCUT2D eigenvalue weighted by atomic mass is 9.82. The van der Waals surface area contributed by atoms with Crippen molar-refractivity contribution >= 4 is 0 Å². The highest BCUT2D eigenvalue weighted by Gasteiger charge is 2.33. The van der Waals surface area contributed by atoms with E-state index < -0.39 is 16.8 Å². The number of aromatic hydroxyl groups is 1. The number of hydrogen-bond acceptors (Lipinski definition) is 4. The molecule has 1 N–H and O–H groups in total. The van der Waals surface area contributed by atoms with Gasteiger partial charge in [0.2, 0.25) is 0 Å². The van der Waals surface area contributed by atoms with E-state index in [1.54, 1.807) is 0 Å². The summed E-state index contributed by atoms with van der Waals surface area (Å²) in [6.07, 6.45) is 10.5. The van der Waals surface area contributed by atoms with Crippen molar-refractivity contribution in [1.29, 1.82) is 0 Å². The van der Waals surface area contributed by atoms with Gasteiger partial charge in [0.05, 0.1) is 0 Å². The molecule has 0 heterocycles. The lowest BCUT2D eigenvalue weighted by Gasteiger charge is -2.35. The molecule has 0 saturated carbocycles. The van der Waals surface area contributed by atoms with Gasteiger partial charge in [-0.15, -0.1) is 0 Å². The topological polar surface area (TPSA) is 47.9 Å². The highest BCUT2D eigenvalue weighted by Crippen LogP contribution is 2.39. The van der Waals surface area contributed by atoms with Crippen LogP contribution in [0.3, 0.4) is 0 Å². The Kier molecular flexibility index (Phi) is 16.0. The first-order valence-electron chi connectivity index (χ1n) is 22.8. The maximum Gasteiger partial charge on any atom is 0.123 e. The molecular formula is C54H78O4. The molecule has 0 aromatic heterocycles. The molecule has 318 valence electrons. The van der Waals surface area contributed by atoms with E-state index in [9.17, 15) is 5.11 Å². The molecule has 4 heteroatoms. The van der Waals surface area contributed by atoms with Gasteiger partial charge in [-0.3, -0.25) is 0 Å². The lowest BCUT2D eigenvalue weighted by molar-refractivity contribution is 0.0978. The zero-order chi connectivity index (χ0) is 43.0. The van der Waals surface area contributed by atoms with Gasteiger partial charge in [0.15, 0.2) is 0 Å². The van der Waals surface area contributed by atoms with Crippen LogP contribution in [0.2, 0.25) is 0 Å². The Morgan fingerprint density at radius 2 is 0.621 bits per heavy atom. The Morgan fingerprint density at radius 3 is 0.931 bits per heavy atom. The van der Waals surface area contributed by atoms with E-state index in [-0.39, 0.29) is 0 Å². The van der Waals surface area contributed by atoms with Gasteiger partial charge in [-0.1, -0.05) is 86.6 Å². The van der Waals surface area contributed by atoms with Crippen LogP contribution in [0.15, 0.2) is 48.5 Å². The molecule has 4 aromatic rings. The number of aryl methyl sites for hydroxylation is 3. The molecule has 0 radical (unpaired) electrons. The molecule has 0 aliphatic rings. The summed E-state index contributed by atoms with van der Waals surface area (Å²) in [5, 5.41) is 11.9. The summed E-state index contributed by atoms with van der Waals surface area (Å²) in [6.45, 7) is 33.2. The van der Waals surface area contributed by atoms with Gasteiger partial charge in [0, 0.05) is 24.8 Å². The van der Waals surface area contributed by atoms with Crippen LogP contribution in [-0.2, 0) is 77.0 Å². The molecule has 0 unspecified atom stereocenters. The van der Waals surface area contributed by atoms with Gasteiger partial charge in [-0.2, -0.15) is 0 Å². The predicted octanol–water partition coefficient (Wildman–Crippen LogP) is 13.7. The van der Waals surface area contributed by atoms with Crippen LogP contribution in [0.1, 0.15) is 171 Å². The van der Waals surface area contributed by atoms with Crippen molar-refractivity contribution in [2.75, 3.05) is 0 Å². The third-order valence-electron chi connectivity index (χ3n) is 12.2. The van der Waals surface area contributed by atoms with Crippen LogP contribution in [-0.4, -0.2) is 21.9 Å². The molecule has 4 rings (SSSR count). The van der Waals surface area contributed by atoms with E-state index in [1.807, 2.05) is 6.07 Å². The number of phenols is 1. The van der Waals surface area contributed by atoms with Gasteiger partial charge in [0.25, 0.3) is 0 Å². The molecule has 0 aliphatic heterocycles. The van der Waals surface area contributed by atoms with Crippen molar-refractivity contribution < 1.29 is 19.3 Å². The van der Waals surface area contributed by atoms with Crippen molar-refractivity contribution in [3.8, 4) is 23.0 Å². The second kappa shape index (κ2) is 19.9. The van der Waals surface area contributed by atoms with Gasteiger partial charge in [0.1, 0.15) is 39.8 Å². The molecular weight excluding hydrogens is 713 g/mol. The molecule has 0 spiro atoms. The molecule has 0 amide bonds. The minimum absolute atomic E-state index is 0.294. The SMILES string of the molecule is CCc1ccc(OC(C)(C)Cc2ccc(O)c(CC(C)(C)Oc3ccc(CC)c(CC)c3CC)c2CC(C)(C)Oc2ccc(CC)c(CC)c2CC)c(CC)c1CC. The maximum absolute atomic E-state index is 11.9. The lowest BCUT2D eigenvalue weighted by Crippen LogP contribution is -2.36. The predicted molar refractivity (Wildman–Crippen MR) is 247 cm³/mol. The number of ether oxygens (including phenoxy) is 3. The van der Waals surface area contributed by atoms with Gasteiger partial charge in [-0.25, -0.2) is 0 Å². The summed E-state index contributed by atoms with van der Waals surface area (Å²) in [5.74, 6) is 3.17. The van der Waals surface area contributed by atoms with E-state index in [1.165, 1.54) is 50.1 Å². The number of phenolic OH excluding ortho intramolecular Hbond substituents is 1. The van der Waals surface area contributed by atoms with E-state index >= 15 is 0 Å². The average Bonchev–Trinajstić information content (AvgIpc) is 3.18. The fourth-order valence-corrected chi connectivity index (χ4v) is 9.55. The average molecular weight is 791 g/mol. The highest BCUT2D eigenvalue weighted by atomic mass is 16.5. The van der Waals surface area contributed by atoms with E-state index in [4.69, 9.17) is 14.2 Å². The highest BCUT2D eigenvalue weighted by molar-refractivity contribution is 5.50. The first-order valence-corrected chi connectivity index (χ1v) is 22.8. The van der Waals surface area contributed by atoms with Gasteiger partial charge >= 0.3 is 0 Å². The number of hydrogen-bond donors (Lipinski definition) is 1. The molecule has 4 nitrogen and oxygen atoms in total. The van der Waals surface area contributed by atoms with Crippen molar-refractivity contribution in [2.45, 2.75) is 198 Å². The fourth-order valence-electron chi connectivity index (χ4n) is 9.55. The number of benzene rings is 4. The Hall–Kier alpha value is -3.92. The maximum atomic E-state index is 11.9. The standard InChI is InChI=1S/C54H78O4/c1-16-36-26-30-49(43(22-7)40(36)19-4)56-52(10,11)33-39-25-29-48(55)47(35-54(14,15)58-51-32-28-38(18-3)42(21-6)45(51)24-9)46(39)34-53(12,13)57-50-31-27-37(17-2)41(20-5)44(50)23-8/h25-32,55H,16-24,33-35H2,1-15H3. The van der Waals surface area contributed by atoms with Crippen LogP contribution in [0.25, 0.3) is 0 Å². The fraction of sp³-hybridized carbons (Fsp3) is 0.556. The summed E-state index contributed by atoms with van der Waals surface area (Å²) in [5.41, 5.74) is 13.8. The minimum Gasteiger partial charge on any atom is -0.508 e. The van der Waals surface area contributed by atoms with Crippen LogP contribution in [0.5, 0.6) is 23.0 Å². The summed E-state index contributed by atoms with van der Waals surface area (Å²) < 4.78 is 21.1. The third kappa shape index (κ3) is 10.8. The van der Waals surface area contributed by atoms with Gasteiger partial charge < -0.3 is 19.3 Å². The second-order valence-electron chi connectivity index (χ2n) is 18.0.